The Balaban J connectivity index is 1.68. The topological polar surface area (TPSA) is 99.0 Å². The number of nitrogens with zero attached hydrogens (tertiary/aromatic N) is 4. The zero-order valence-corrected chi connectivity index (χ0v) is 14.9. The Labute approximate surface area is 157 Å². The van der Waals surface area contributed by atoms with Gasteiger partial charge in [-0.25, -0.2) is 9.18 Å². The first kappa shape index (κ1) is 18.5. The average molecular weight is 387 g/mol. The Bertz CT molecular complexity index is 978. The normalized spacial score (nSPS) is 10.4. The molecule has 0 atom stereocenters. The summed E-state index contributed by atoms with van der Waals surface area (Å²) in [6.07, 6.45) is 0. The van der Waals surface area contributed by atoms with Crippen LogP contribution in [0, 0.1) is 5.82 Å². The van der Waals surface area contributed by atoms with Crippen LogP contribution in [0.15, 0.2) is 53.7 Å². The van der Waals surface area contributed by atoms with Crippen molar-refractivity contribution in [3.8, 4) is 5.69 Å². The van der Waals surface area contributed by atoms with Gasteiger partial charge in [0.25, 0.3) is 0 Å². The van der Waals surface area contributed by atoms with Crippen LogP contribution in [0.5, 0.6) is 0 Å². The van der Waals surface area contributed by atoms with Crippen LogP contribution in [0.1, 0.15) is 10.4 Å². The van der Waals surface area contributed by atoms with E-state index >= 15 is 0 Å². The van der Waals surface area contributed by atoms with Crippen LogP contribution in [-0.4, -0.2) is 44.9 Å². The van der Waals surface area contributed by atoms with Crippen LogP contribution in [0.2, 0.25) is 0 Å². The molecule has 0 unspecified atom stereocenters. The largest absolute Gasteiger partial charge is 0.465 e. The minimum absolute atomic E-state index is 0.00873. The number of esters is 1. The van der Waals surface area contributed by atoms with E-state index in [1.807, 2.05) is 0 Å². The molecule has 0 saturated heterocycles. The fourth-order valence-corrected chi connectivity index (χ4v) is 2.93. The molecule has 0 aliphatic carbocycles. The van der Waals surface area contributed by atoms with Crippen LogP contribution in [0.3, 0.4) is 0 Å². The molecule has 0 fully saturated rings. The van der Waals surface area contributed by atoms with E-state index in [0.717, 1.165) is 11.8 Å². The summed E-state index contributed by atoms with van der Waals surface area (Å²) in [5.74, 6) is -1.33. The molecule has 2 aromatic carbocycles. The number of anilines is 1. The summed E-state index contributed by atoms with van der Waals surface area (Å²) in [7, 11) is 1.27. The standard InChI is InChI=1S/C17H14FN5O3S/c1-26-16(25)13-7-2-3-8-14(13)19-15(24)10-27-17-20-21-22-23(17)12-6-4-5-11(18)9-12/h2-9H,10H2,1H3,(H,19,24). The number of nitrogens with one attached hydrogen (secondary N) is 1. The second-order valence-electron chi connectivity index (χ2n) is 5.23. The number of amides is 1. The minimum Gasteiger partial charge on any atom is -0.465 e. The molecule has 3 rings (SSSR count). The molecule has 0 saturated carbocycles. The first-order chi connectivity index (χ1) is 13.1. The fourth-order valence-electron chi connectivity index (χ4n) is 2.24. The molecule has 0 bridgehead atoms. The number of tetrazole rings is 1. The van der Waals surface area contributed by atoms with E-state index in [9.17, 15) is 14.0 Å². The summed E-state index contributed by atoms with van der Waals surface area (Å²) in [4.78, 5) is 24.0. The van der Waals surface area contributed by atoms with Crippen molar-refractivity contribution >= 4 is 29.3 Å². The second kappa shape index (κ2) is 8.41. The van der Waals surface area contributed by atoms with Crippen molar-refractivity contribution in [1.82, 2.24) is 20.2 Å². The summed E-state index contributed by atoms with van der Waals surface area (Å²) in [5.41, 5.74) is 1.04. The maximum absolute atomic E-state index is 13.4. The number of aromatic nitrogens is 4. The Morgan fingerprint density at radius 2 is 2.04 bits per heavy atom. The van der Waals surface area contributed by atoms with Gasteiger partial charge in [-0.1, -0.05) is 30.0 Å². The van der Waals surface area contributed by atoms with Crippen molar-refractivity contribution < 1.29 is 18.7 Å². The zero-order chi connectivity index (χ0) is 19.2. The monoisotopic (exact) mass is 387 g/mol. The molecule has 0 aliphatic rings. The van der Waals surface area contributed by atoms with Gasteiger partial charge in [-0.05, 0) is 40.8 Å². The van der Waals surface area contributed by atoms with E-state index < -0.39 is 11.8 Å². The molecule has 1 N–H and O–H groups in total. The SMILES string of the molecule is COC(=O)c1ccccc1NC(=O)CSc1nnnn1-c1cccc(F)c1. The van der Waals surface area contributed by atoms with Crippen LogP contribution >= 0.6 is 11.8 Å². The third-order valence-electron chi connectivity index (χ3n) is 3.43. The van der Waals surface area contributed by atoms with E-state index in [1.165, 1.54) is 30.0 Å². The lowest BCUT2D eigenvalue weighted by Crippen LogP contribution is -2.17. The highest BCUT2D eigenvalue weighted by atomic mass is 32.2. The number of thioether (sulfide) groups is 1. The lowest BCUT2D eigenvalue weighted by Gasteiger charge is -2.09. The molecule has 1 heterocycles. The average Bonchev–Trinajstić information content (AvgIpc) is 3.15. The number of methoxy groups -OCH3 is 1. The molecule has 8 nitrogen and oxygen atoms in total. The predicted molar refractivity (Wildman–Crippen MR) is 96.2 cm³/mol. The van der Waals surface area contributed by atoms with Gasteiger partial charge in [0.2, 0.25) is 11.1 Å². The molecule has 0 aliphatic heterocycles. The highest BCUT2D eigenvalue weighted by Crippen LogP contribution is 2.20. The number of ether oxygens (including phenoxy) is 1. The van der Waals surface area contributed by atoms with Gasteiger partial charge < -0.3 is 10.1 Å². The van der Waals surface area contributed by atoms with Crippen molar-refractivity contribution in [3.63, 3.8) is 0 Å². The second-order valence-corrected chi connectivity index (χ2v) is 6.17. The van der Waals surface area contributed by atoms with Crippen LogP contribution in [-0.2, 0) is 9.53 Å². The van der Waals surface area contributed by atoms with Crippen LogP contribution in [0.25, 0.3) is 5.69 Å². The first-order valence-electron chi connectivity index (χ1n) is 7.73. The summed E-state index contributed by atoms with van der Waals surface area (Å²) in [6, 6.07) is 12.3. The summed E-state index contributed by atoms with van der Waals surface area (Å²) in [6.45, 7) is 0. The summed E-state index contributed by atoms with van der Waals surface area (Å²) < 4.78 is 19.4. The van der Waals surface area contributed by atoms with Crippen molar-refractivity contribution in [2.75, 3.05) is 18.2 Å². The van der Waals surface area contributed by atoms with Crippen molar-refractivity contribution in [2.45, 2.75) is 5.16 Å². The van der Waals surface area contributed by atoms with E-state index in [-0.39, 0.29) is 17.2 Å². The highest BCUT2D eigenvalue weighted by Gasteiger charge is 2.15. The van der Waals surface area contributed by atoms with Crippen molar-refractivity contribution in [1.29, 1.82) is 0 Å². The number of halogens is 1. The van der Waals surface area contributed by atoms with Gasteiger partial charge in [0.15, 0.2) is 0 Å². The molecule has 3 aromatic rings. The smallest absolute Gasteiger partial charge is 0.339 e. The predicted octanol–water partition coefficient (Wildman–Crippen LogP) is 2.32. The summed E-state index contributed by atoms with van der Waals surface area (Å²) in [5, 5.41) is 14.2. The third kappa shape index (κ3) is 4.47. The Kier molecular flexibility index (Phi) is 5.77. The number of benzene rings is 2. The van der Waals surface area contributed by atoms with Crippen molar-refractivity contribution in [3.05, 3.63) is 59.9 Å². The van der Waals surface area contributed by atoms with Gasteiger partial charge in [-0.3, -0.25) is 4.79 Å². The van der Waals surface area contributed by atoms with Gasteiger partial charge in [-0.15, -0.1) is 5.10 Å². The molecule has 138 valence electrons. The number of carbonyl (C=O) groups is 2. The summed E-state index contributed by atoms with van der Waals surface area (Å²) >= 11 is 1.08. The molecular formula is C17H14FN5O3S. The molecule has 0 spiro atoms. The Morgan fingerprint density at radius 3 is 2.81 bits per heavy atom. The number of carbonyl (C=O) groups excluding carboxylic acids is 2. The zero-order valence-electron chi connectivity index (χ0n) is 14.1. The third-order valence-corrected chi connectivity index (χ3v) is 4.35. The Hall–Kier alpha value is -3.27. The van der Waals surface area contributed by atoms with E-state index in [1.54, 1.807) is 30.3 Å². The fraction of sp³-hybridized carbons (Fsp3) is 0.118. The van der Waals surface area contributed by atoms with Gasteiger partial charge in [0.05, 0.1) is 29.8 Å². The number of hydrogen-bond acceptors (Lipinski definition) is 7. The lowest BCUT2D eigenvalue weighted by atomic mass is 10.2. The number of para-hydroxylation sites is 1. The molecule has 1 aromatic heterocycles. The molecular weight excluding hydrogens is 373 g/mol. The van der Waals surface area contributed by atoms with E-state index in [0.29, 0.717) is 16.5 Å². The van der Waals surface area contributed by atoms with Gasteiger partial charge >= 0.3 is 5.97 Å². The van der Waals surface area contributed by atoms with Gasteiger partial charge in [0, 0.05) is 0 Å². The first-order valence-corrected chi connectivity index (χ1v) is 8.71. The molecule has 27 heavy (non-hydrogen) atoms. The van der Waals surface area contributed by atoms with Gasteiger partial charge in [-0.2, -0.15) is 4.68 Å². The quantitative estimate of drug-likeness (QED) is 0.512. The highest BCUT2D eigenvalue weighted by molar-refractivity contribution is 7.99. The maximum Gasteiger partial charge on any atom is 0.339 e. The molecule has 1 amide bonds. The Morgan fingerprint density at radius 1 is 1.22 bits per heavy atom. The number of rotatable bonds is 6. The van der Waals surface area contributed by atoms with Crippen molar-refractivity contribution in [2.24, 2.45) is 0 Å². The molecule has 0 radical (unpaired) electrons. The van der Waals surface area contributed by atoms with Crippen LogP contribution in [0.4, 0.5) is 10.1 Å². The lowest BCUT2D eigenvalue weighted by molar-refractivity contribution is -0.113. The molecule has 10 heteroatoms. The van der Waals surface area contributed by atoms with Gasteiger partial charge in [0.1, 0.15) is 5.82 Å². The van der Waals surface area contributed by atoms with Crippen LogP contribution < -0.4 is 5.32 Å². The minimum atomic E-state index is -0.548. The van der Waals surface area contributed by atoms with E-state index in [4.69, 9.17) is 4.74 Å². The number of hydrogen-bond donors (Lipinski definition) is 1. The maximum atomic E-state index is 13.4. The van der Waals surface area contributed by atoms with E-state index in [2.05, 4.69) is 20.8 Å².